The standard InChI is InChI=1S/C15H20N4O/c1-12-17-15(18-20-12)7-9-19-10-8-16-11-14(19)13-5-3-2-4-6-13/h2-6,14,16H,7-11H2,1H3. The first-order chi connectivity index (χ1) is 9.83. The second-order valence-corrected chi connectivity index (χ2v) is 5.15. The summed E-state index contributed by atoms with van der Waals surface area (Å²) in [7, 11) is 0. The van der Waals surface area contributed by atoms with Crippen molar-refractivity contribution in [2.24, 2.45) is 0 Å². The van der Waals surface area contributed by atoms with Crippen molar-refractivity contribution in [2.45, 2.75) is 19.4 Å². The Morgan fingerprint density at radius 2 is 2.20 bits per heavy atom. The Hall–Kier alpha value is -1.72. The summed E-state index contributed by atoms with van der Waals surface area (Å²) in [4.78, 5) is 6.77. The lowest BCUT2D eigenvalue weighted by molar-refractivity contribution is 0.162. The van der Waals surface area contributed by atoms with E-state index in [1.165, 1.54) is 5.56 Å². The predicted octanol–water partition coefficient (Wildman–Crippen LogP) is 1.57. The molecule has 1 aliphatic heterocycles. The van der Waals surface area contributed by atoms with Crippen LogP contribution in [0.5, 0.6) is 0 Å². The molecule has 0 radical (unpaired) electrons. The molecule has 0 amide bonds. The number of hydrogen-bond donors (Lipinski definition) is 1. The number of nitrogens with one attached hydrogen (secondary N) is 1. The lowest BCUT2D eigenvalue weighted by Crippen LogP contribution is -2.46. The molecule has 1 N–H and O–H groups in total. The van der Waals surface area contributed by atoms with Gasteiger partial charge in [-0.15, -0.1) is 0 Å². The zero-order valence-corrected chi connectivity index (χ0v) is 11.7. The van der Waals surface area contributed by atoms with Crippen molar-refractivity contribution in [2.75, 3.05) is 26.2 Å². The molecule has 0 saturated carbocycles. The zero-order chi connectivity index (χ0) is 13.8. The number of hydrogen-bond acceptors (Lipinski definition) is 5. The first kappa shape index (κ1) is 13.3. The molecule has 1 atom stereocenters. The third kappa shape index (κ3) is 3.05. The van der Waals surface area contributed by atoms with Crippen LogP contribution < -0.4 is 5.32 Å². The fourth-order valence-corrected chi connectivity index (χ4v) is 2.70. The Bertz CT molecular complexity index is 540. The quantitative estimate of drug-likeness (QED) is 0.915. The van der Waals surface area contributed by atoms with Crippen molar-refractivity contribution in [3.05, 3.63) is 47.6 Å². The molecule has 106 valence electrons. The van der Waals surface area contributed by atoms with Gasteiger partial charge in [-0.05, 0) is 5.56 Å². The number of aromatic nitrogens is 2. The second-order valence-electron chi connectivity index (χ2n) is 5.15. The van der Waals surface area contributed by atoms with Crippen molar-refractivity contribution in [1.29, 1.82) is 0 Å². The fraction of sp³-hybridized carbons (Fsp3) is 0.467. The highest BCUT2D eigenvalue weighted by Crippen LogP contribution is 2.21. The van der Waals surface area contributed by atoms with Gasteiger partial charge in [0.25, 0.3) is 0 Å². The molecular formula is C15H20N4O. The van der Waals surface area contributed by atoms with E-state index in [4.69, 9.17) is 4.52 Å². The van der Waals surface area contributed by atoms with Crippen LogP contribution in [-0.2, 0) is 6.42 Å². The molecule has 2 aromatic rings. The van der Waals surface area contributed by atoms with Gasteiger partial charge in [0.2, 0.25) is 5.89 Å². The van der Waals surface area contributed by atoms with Crippen molar-refractivity contribution < 1.29 is 4.52 Å². The van der Waals surface area contributed by atoms with Gasteiger partial charge in [0.05, 0.1) is 0 Å². The summed E-state index contributed by atoms with van der Waals surface area (Å²) in [6, 6.07) is 11.1. The first-order valence-electron chi connectivity index (χ1n) is 7.12. The van der Waals surface area contributed by atoms with Crippen molar-refractivity contribution in [1.82, 2.24) is 20.4 Å². The highest BCUT2D eigenvalue weighted by atomic mass is 16.5. The highest BCUT2D eigenvalue weighted by molar-refractivity contribution is 5.20. The monoisotopic (exact) mass is 272 g/mol. The molecule has 20 heavy (non-hydrogen) atoms. The molecule has 1 aliphatic rings. The van der Waals surface area contributed by atoms with Crippen LogP contribution in [0, 0.1) is 6.92 Å². The molecule has 1 fully saturated rings. The molecule has 3 rings (SSSR count). The van der Waals surface area contributed by atoms with Crippen LogP contribution in [0.4, 0.5) is 0 Å². The Morgan fingerprint density at radius 3 is 2.95 bits per heavy atom. The largest absolute Gasteiger partial charge is 0.340 e. The summed E-state index contributed by atoms with van der Waals surface area (Å²) in [6.45, 7) is 5.87. The summed E-state index contributed by atoms with van der Waals surface area (Å²) < 4.78 is 5.02. The van der Waals surface area contributed by atoms with E-state index in [9.17, 15) is 0 Å². The summed E-state index contributed by atoms with van der Waals surface area (Å²) in [5.41, 5.74) is 1.36. The molecule has 0 aliphatic carbocycles. The van der Waals surface area contributed by atoms with Gasteiger partial charge in [-0.1, -0.05) is 35.5 Å². The Morgan fingerprint density at radius 1 is 1.35 bits per heavy atom. The maximum atomic E-state index is 5.02. The van der Waals surface area contributed by atoms with Gasteiger partial charge in [0, 0.05) is 45.6 Å². The van der Waals surface area contributed by atoms with E-state index in [1.54, 1.807) is 0 Å². The van der Waals surface area contributed by atoms with E-state index in [0.29, 0.717) is 11.9 Å². The van der Waals surface area contributed by atoms with Crippen LogP contribution in [0.2, 0.25) is 0 Å². The fourth-order valence-electron chi connectivity index (χ4n) is 2.70. The minimum atomic E-state index is 0.429. The topological polar surface area (TPSA) is 54.2 Å². The summed E-state index contributed by atoms with van der Waals surface area (Å²) >= 11 is 0. The summed E-state index contributed by atoms with van der Waals surface area (Å²) in [5, 5.41) is 7.44. The van der Waals surface area contributed by atoms with Gasteiger partial charge in [0.1, 0.15) is 0 Å². The number of rotatable bonds is 4. The molecule has 1 aromatic carbocycles. The summed E-state index contributed by atoms with van der Waals surface area (Å²) in [6.07, 6.45) is 0.834. The van der Waals surface area contributed by atoms with Crippen LogP contribution in [0.15, 0.2) is 34.9 Å². The predicted molar refractivity (Wildman–Crippen MR) is 76.4 cm³/mol. The van der Waals surface area contributed by atoms with Crippen molar-refractivity contribution in [3.8, 4) is 0 Å². The van der Waals surface area contributed by atoms with E-state index in [1.807, 2.05) is 6.92 Å². The zero-order valence-electron chi connectivity index (χ0n) is 11.7. The number of aryl methyl sites for hydroxylation is 1. The van der Waals surface area contributed by atoms with Crippen LogP contribution >= 0.6 is 0 Å². The minimum absolute atomic E-state index is 0.429. The molecule has 1 saturated heterocycles. The Labute approximate surface area is 119 Å². The molecule has 0 bridgehead atoms. The third-order valence-electron chi connectivity index (χ3n) is 3.73. The maximum absolute atomic E-state index is 5.02. The lowest BCUT2D eigenvalue weighted by atomic mass is 10.0. The maximum Gasteiger partial charge on any atom is 0.223 e. The normalized spacial score (nSPS) is 20.1. The number of piperazine rings is 1. The van der Waals surface area contributed by atoms with Crippen LogP contribution in [0.1, 0.15) is 23.3 Å². The van der Waals surface area contributed by atoms with E-state index in [-0.39, 0.29) is 0 Å². The Kier molecular flexibility index (Phi) is 4.08. The molecule has 2 heterocycles. The van der Waals surface area contributed by atoms with Crippen LogP contribution in [-0.4, -0.2) is 41.2 Å². The number of benzene rings is 1. The molecule has 1 aromatic heterocycles. The van der Waals surface area contributed by atoms with Crippen molar-refractivity contribution >= 4 is 0 Å². The van der Waals surface area contributed by atoms with Gasteiger partial charge < -0.3 is 9.84 Å². The van der Waals surface area contributed by atoms with Gasteiger partial charge in [0.15, 0.2) is 5.82 Å². The third-order valence-corrected chi connectivity index (χ3v) is 3.73. The van der Waals surface area contributed by atoms with E-state index in [0.717, 1.165) is 38.4 Å². The molecule has 5 nitrogen and oxygen atoms in total. The van der Waals surface area contributed by atoms with Gasteiger partial charge in [-0.3, -0.25) is 4.90 Å². The van der Waals surface area contributed by atoms with E-state index < -0.39 is 0 Å². The van der Waals surface area contributed by atoms with E-state index in [2.05, 4.69) is 50.7 Å². The number of nitrogens with zero attached hydrogens (tertiary/aromatic N) is 3. The smallest absolute Gasteiger partial charge is 0.223 e. The highest BCUT2D eigenvalue weighted by Gasteiger charge is 2.23. The summed E-state index contributed by atoms with van der Waals surface area (Å²) in [5.74, 6) is 1.44. The first-order valence-corrected chi connectivity index (χ1v) is 7.12. The molecular weight excluding hydrogens is 252 g/mol. The Balaban J connectivity index is 1.66. The average Bonchev–Trinajstić information content (AvgIpc) is 2.92. The molecule has 1 unspecified atom stereocenters. The van der Waals surface area contributed by atoms with Gasteiger partial charge >= 0.3 is 0 Å². The molecule has 5 heteroatoms. The van der Waals surface area contributed by atoms with Crippen molar-refractivity contribution in [3.63, 3.8) is 0 Å². The van der Waals surface area contributed by atoms with Gasteiger partial charge in [-0.2, -0.15) is 4.98 Å². The van der Waals surface area contributed by atoms with Crippen LogP contribution in [0.25, 0.3) is 0 Å². The van der Waals surface area contributed by atoms with Gasteiger partial charge in [-0.25, -0.2) is 0 Å². The SMILES string of the molecule is Cc1nc(CCN2CCNCC2c2ccccc2)no1. The van der Waals surface area contributed by atoms with E-state index >= 15 is 0 Å². The second kappa shape index (κ2) is 6.15. The molecule has 0 spiro atoms. The average molecular weight is 272 g/mol. The lowest BCUT2D eigenvalue weighted by Gasteiger charge is -2.36. The van der Waals surface area contributed by atoms with Crippen LogP contribution in [0.3, 0.4) is 0 Å². The minimum Gasteiger partial charge on any atom is -0.340 e.